The second kappa shape index (κ2) is 6.37. The molecule has 120 valence electrons. The zero-order valence-corrected chi connectivity index (χ0v) is 13.5. The summed E-state index contributed by atoms with van der Waals surface area (Å²) in [6.45, 7) is 2.21. The van der Waals surface area contributed by atoms with Crippen molar-refractivity contribution in [3.63, 3.8) is 0 Å². The normalized spacial score (nSPS) is 16.5. The van der Waals surface area contributed by atoms with E-state index in [9.17, 15) is 14.4 Å². The number of hydrazine groups is 1. The highest BCUT2D eigenvalue weighted by molar-refractivity contribution is 7.14. The molecule has 1 atom stereocenters. The maximum Gasteiger partial charge on any atom is 0.279 e. The van der Waals surface area contributed by atoms with Gasteiger partial charge in [-0.2, -0.15) is 0 Å². The SMILES string of the molecule is C[C@@H]1CCc2sc(C(=O)NNC(=O)c3ccc[nH]c3=O)cc2C1. The average molecular weight is 331 g/mol. The van der Waals surface area contributed by atoms with E-state index in [1.165, 1.54) is 34.0 Å². The van der Waals surface area contributed by atoms with E-state index in [-0.39, 0.29) is 11.5 Å². The summed E-state index contributed by atoms with van der Waals surface area (Å²) in [6.07, 6.45) is 4.57. The minimum atomic E-state index is -0.643. The quantitative estimate of drug-likeness (QED) is 0.731. The van der Waals surface area contributed by atoms with Crippen LogP contribution in [0, 0.1) is 5.92 Å². The summed E-state index contributed by atoms with van der Waals surface area (Å²) in [6, 6.07) is 4.84. The lowest BCUT2D eigenvalue weighted by atomic mass is 9.90. The highest BCUT2D eigenvalue weighted by Crippen LogP contribution is 2.32. The number of pyridine rings is 1. The van der Waals surface area contributed by atoms with Crippen LogP contribution in [-0.2, 0) is 12.8 Å². The van der Waals surface area contributed by atoms with Gasteiger partial charge in [0, 0.05) is 11.1 Å². The summed E-state index contributed by atoms with van der Waals surface area (Å²) >= 11 is 1.46. The minimum Gasteiger partial charge on any atom is -0.328 e. The van der Waals surface area contributed by atoms with Crippen molar-refractivity contribution < 1.29 is 9.59 Å². The summed E-state index contributed by atoms with van der Waals surface area (Å²) in [5.74, 6) is -0.370. The van der Waals surface area contributed by atoms with Gasteiger partial charge in [-0.05, 0) is 48.9 Å². The summed E-state index contributed by atoms with van der Waals surface area (Å²) in [7, 11) is 0. The summed E-state index contributed by atoms with van der Waals surface area (Å²) in [5.41, 5.74) is 5.32. The van der Waals surface area contributed by atoms with Crippen molar-refractivity contribution in [1.82, 2.24) is 15.8 Å². The van der Waals surface area contributed by atoms with E-state index in [1.54, 1.807) is 6.07 Å². The van der Waals surface area contributed by atoms with Crippen LogP contribution in [0.25, 0.3) is 0 Å². The molecule has 0 spiro atoms. The topological polar surface area (TPSA) is 91.1 Å². The lowest BCUT2D eigenvalue weighted by Crippen LogP contribution is -2.43. The Hall–Kier alpha value is -2.41. The molecule has 23 heavy (non-hydrogen) atoms. The van der Waals surface area contributed by atoms with E-state index in [0.717, 1.165) is 19.3 Å². The number of rotatable bonds is 2. The molecule has 3 N–H and O–H groups in total. The molecule has 0 saturated heterocycles. The fourth-order valence-electron chi connectivity index (χ4n) is 2.66. The zero-order valence-electron chi connectivity index (χ0n) is 12.6. The van der Waals surface area contributed by atoms with E-state index in [0.29, 0.717) is 10.8 Å². The first kappa shape index (κ1) is 15.5. The van der Waals surface area contributed by atoms with Gasteiger partial charge in [0.1, 0.15) is 5.56 Å². The third-order valence-electron chi connectivity index (χ3n) is 3.91. The van der Waals surface area contributed by atoms with Gasteiger partial charge in [-0.15, -0.1) is 11.3 Å². The molecule has 2 aromatic heterocycles. The van der Waals surface area contributed by atoms with Gasteiger partial charge in [-0.1, -0.05) is 6.92 Å². The fourth-order valence-corrected chi connectivity index (χ4v) is 3.76. The number of hydrogen-bond acceptors (Lipinski definition) is 4. The van der Waals surface area contributed by atoms with E-state index in [1.807, 2.05) is 6.07 Å². The lowest BCUT2D eigenvalue weighted by molar-refractivity contribution is 0.0848. The first-order valence-electron chi connectivity index (χ1n) is 7.44. The molecule has 1 aliphatic carbocycles. The Morgan fingerprint density at radius 1 is 1.30 bits per heavy atom. The molecule has 2 amide bonds. The first-order valence-corrected chi connectivity index (χ1v) is 8.26. The summed E-state index contributed by atoms with van der Waals surface area (Å²) in [4.78, 5) is 39.8. The molecule has 3 rings (SSSR count). The van der Waals surface area contributed by atoms with Crippen LogP contribution in [0.1, 0.15) is 43.8 Å². The Labute approximate surface area is 136 Å². The number of aromatic nitrogens is 1. The summed E-state index contributed by atoms with van der Waals surface area (Å²) < 4.78 is 0. The number of aryl methyl sites for hydroxylation is 1. The standard InChI is InChI=1S/C16H17N3O3S/c1-9-4-5-12-10(7-9)8-13(23-12)16(22)19-18-15(21)11-3-2-6-17-14(11)20/h2-3,6,8-9H,4-5,7H2,1H3,(H,17,20)(H,18,21)(H,19,22)/t9-/m1/s1. The average Bonchev–Trinajstić information content (AvgIpc) is 2.95. The Kier molecular flexibility index (Phi) is 4.29. The van der Waals surface area contributed by atoms with Crippen molar-refractivity contribution in [1.29, 1.82) is 0 Å². The van der Waals surface area contributed by atoms with E-state index in [4.69, 9.17) is 0 Å². The Balaban J connectivity index is 1.65. The predicted octanol–water partition coefficient (Wildman–Crippen LogP) is 1.64. The molecule has 1 aliphatic rings. The number of amides is 2. The highest BCUT2D eigenvalue weighted by atomic mass is 32.1. The van der Waals surface area contributed by atoms with Crippen LogP contribution in [0.4, 0.5) is 0 Å². The van der Waals surface area contributed by atoms with Crippen LogP contribution < -0.4 is 16.4 Å². The van der Waals surface area contributed by atoms with Gasteiger partial charge in [0.15, 0.2) is 0 Å². The lowest BCUT2D eigenvalue weighted by Gasteiger charge is -2.16. The molecule has 6 nitrogen and oxygen atoms in total. The van der Waals surface area contributed by atoms with Gasteiger partial charge in [0.05, 0.1) is 4.88 Å². The monoisotopic (exact) mass is 331 g/mol. The number of thiophene rings is 1. The summed E-state index contributed by atoms with van der Waals surface area (Å²) in [5, 5.41) is 0. The largest absolute Gasteiger partial charge is 0.328 e. The van der Waals surface area contributed by atoms with Crippen molar-refractivity contribution >= 4 is 23.2 Å². The van der Waals surface area contributed by atoms with Crippen molar-refractivity contribution in [3.8, 4) is 0 Å². The van der Waals surface area contributed by atoms with E-state index >= 15 is 0 Å². The zero-order chi connectivity index (χ0) is 16.4. The van der Waals surface area contributed by atoms with Crippen molar-refractivity contribution in [3.05, 3.63) is 55.6 Å². The molecule has 7 heteroatoms. The van der Waals surface area contributed by atoms with Gasteiger partial charge in [0.2, 0.25) is 0 Å². The molecule has 0 aliphatic heterocycles. The number of hydrogen-bond donors (Lipinski definition) is 3. The molecular weight excluding hydrogens is 314 g/mol. The van der Waals surface area contributed by atoms with Crippen LogP contribution in [-0.4, -0.2) is 16.8 Å². The van der Waals surface area contributed by atoms with Gasteiger partial charge < -0.3 is 4.98 Å². The number of nitrogens with one attached hydrogen (secondary N) is 3. The molecule has 0 fully saturated rings. The predicted molar refractivity (Wildman–Crippen MR) is 87.5 cm³/mol. The minimum absolute atomic E-state index is 0.0490. The number of H-pyrrole nitrogens is 1. The van der Waals surface area contributed by atoms with Gasteiger partial charge in [-0.25, -0.2) is 0 Å². The molecule has 0 aromatic carbocycles. The van der Waals surface area contributed by atoms with Gasteiger partial charge in [-0.3, -0.25) is 25.2 Å². The van der Waals surface area contributed by atoms with Crippen molar-refractivity contribution in [2.75, 3.05) is 0 Å². The molecule has 0 unspecified atom stereocenters. The van der Waals surface area contributed by atoms with Crippen molar-refractivity contribution in [2.24, 2.45) is 5.92 Å². The molecular formula is C16H17N3O3S. The molecule has 0 bridgehead atoms. The Bertz CT molecular complexity index is 809. The van der Waals surface area contributed by atoms with Crippen LogP contribution >= 0.6 is 11.3 Å². The smallest absolute Gasteiger partial charge is 0.279 e. The molecule has 0 saturated carbocycles. The molecule has 0 radical (unpaired) electrons. The first-order chi connectivity index (χ1) is 11.0. The van der Waals surface area contributed by atoms with Gasteiger partial charge in [0.25, 0.3) is 17.4 Å². The maximum absolute atomic E-state index is 12.2. The van der Waals surface area contributed by atoms with Crippen LogP contribution in [0.3, 0.4) is 0 Å². The number of carbonyl (C=O) groups is 2. The third-order valence-corrected chi connectivity index (χ3v) is 5.14. The van der Waals surface area contributed by atoms with E-state index in [2.05, 4.69) is 22.8 Å². The molecule has 2 heterocycles. The number of aromatic amines is 1. The Morgan fingerprint density at radius 3 is 2.87 bits per heavy atom. The van der Waals surface area contributed by atoms with E-state index < -0.39 is 11.5 Å². The second-order valence-corrected chi connectivity index (χ2v) is 6.86. The maximum atomic E-state index is 12.2. The second-order valence-electron chi connectivity index (χ2n) is 5.73. The number of fused-ring (bicyclic) bond motifs is 1. The van der Waals surface area contributed by atoms with Crippen LogP contribution in [0.15, 0.2) is 29.2 Å². The third kappa shape index (κ3) is 3.34. The fraction of sp³-hybridized carbons (Fsp3) is 0.312. The number of carbonyl (C=O) groups excluding carboxylic acids is 2. The van der Waals surface area contributed by atoms with Gasteiger partial charge >= 0.3 is 0 Å². The Morgan fingerprint density at radius 2 is 2.09 bits per heavy atom. The van der Waals surface area contributed by atoms with Crippen LogP contribution in [0.5, 0.6) is 0 Å². The molecule has 2 aromatic rings. The van der Waals surface area contributed by atoms with Crippen LogP contribution in [0.2, 0.25) is 0 Å². The highest BCUT2D eigenvalue weighted by Gasteiger charge is 2.21. The van der Waals surface area contributed by atoms with Crippen molar-refractivity contribution in [2.45, 2.75) is 26.2 Å².